The highest BCUT2D eigenvalue weighted by Gasteiger charge is 2.30. The zero-order valence-electron chi connectivity index (χ0n) is 13.7. The van der Waals surface area contributed by atoms with Crippen LogP contribution in [0.4, 0.5) is 0 Å². The Hall–Kier alpha value is -2.41. The molecule has 0 fully saturated rings. The Morgan fingerprint density at radius 1 is 1.42 bits per heavy atom. The molecule has 1 amide bonds. The van der Waals surface area contributed by atoms with Crippen molar-refractivity contribution in [3.63, 3.8) is 0 Å². The summed E-state index contributed by atoms with van der Waals surface area (Å²) in [5.41, 5.74) is 3.17. The van der Waals surface area contributed by atoms with Crippen LogP contribution >= 0.6 is 11.3 Å². The van der Waals surface area contributed by atoms with Crippen molar-refractivity contribution in [1.82, 2.24) is 24.6 Å². The van der Waals surface area contributed by atoms with Gasteiger partial charge in [0.05, 0.1) is 11.4 Å². The molecule has 0 aliphatic carbocycles. The van der Waals surface area contributed by atoms with Gasteiger partial charge in [0.25, 0.3) is 5.91 Å². The number of H-pyrrole nitrogens is 1. The average molecular weight is 341 g/mol. The van der Waals surface area contributed by atoms with E-state index in [1.165, 1.54) is 17.0 Å². The maximum Gasteiger partial charge on any atom is 0.264 e. The van der Waals surface area contributed by atoms with E-state index in [0.29, 0.717) is 6.54 Å². The first-order valence-corrected chi connectivity index (χ1v) is 8.96. The van der Waals surface area contributed by atoms with Gasteiger partial charge in [-0.3, -0.25) is 9.48 Å². The third kappa shape index (κ3) is 2.45. The van der Waals surface area contributed by atoms with Crippen molar-refractivity contribution in [2.45, 2.75) is 32.9 Å². The summed E-state index contributed by atoms with van der Waals surface area (Å²) in [4.78, 5) is 22.9. The molecule has 0 spiro atoms. The van der Waals surface area contributed by atoms with Gasteiger partial charge in [0.15, 0.2) is 5.82 Å². The number of hydrogen-bond acceptors (Lipinski definition) is 4. The first kappa shape index (κ1) is 15.1. The number of imidazole rings is 1. The molecule has 6 nitrogen and oxygen atoms in total. The minimum absolute atomic E-state index is 0.0957. The summed E-state index contributed by atoms with van der Waals surface area (Å²) in [6.45, 7) is 5.55. The molecule has 1 N–H and O–H groups in total. The summed E-state index contributed by atoms with van der Waals surface area (Å²) in [7, 11) is 0. The molecule has 0 radical (unpaired) electrons. The predicted octanol–water partition coefficient (Wildman–Crippen LogP) is 3.11. The van der Waals surface area contributed by atoms with Crippen LogP contribution in [0.3, 0.4) is 0 Å². The van der Waals surface area contributed by atoms with E-state index in [-0.39, 0.29) is 11.9 Å². The molecule has 0 bridgehead atoms. The number of aromatic nitrogens is 4. The lowest BCUT2D eigenvalue weighted by atomic mass is 10.0. The quantitative estimate of drug-likeness (QED) is 0.796. The summed E-state index contributed by atoms with van der Waals surface area (Å²) >= 11 is 1.49. The van der Waals surface area contributed by atoms with Crippen LogP contribution < -0.4 is 0 Å². The number of aromatic amines is 1. The number of thiophene rings is 1. The monoisotopic (exact) mass is 341 g/mol. The van der Waals surface area contributed by atoms with Crippen LogP contribution in [-0.2, 0) is 13.0 Å². The topological polar surface area (TPSA) is 66.8 Å². The largest absolute Gasteiger partial charge is 0.343 e. The van der Waals surface area contributed by atoms with Gasteiger partial charge in [-0.15, -0.1) is 11.3 Å². The minimum Gasteiger partial charge on any atom is -0.343 e. The number of fused-ring (bicyclic) bond motifs is 1. The Morgan fingerprint density at radius 2 is 2.29 bits per heavy atom. The first-order valence-electron chi connectivity index (χ1n) is 8.08. The molecule has 1 aliphatic rings. The van der Waals surface area contributed by atoms with E-state index in [4.69, 9.17) is 5.10 Å². The molecule has 24 heavy (non-hydrogen) atoms. The number of carbonyl (C=O) groups excluding carboxylic acids is 1. The fourth-order valence-electron chi connectivity index (χ4n) is 3.19. The van der Waals surface area contributed by atoms with Crippen molar-refractivity contribution in [1.29, 1.82) is 0 Å². The van der Waals surface area contributed by atoms with E-state index in [2.05, 4.69) is 28.5 Å². The molecule has 4 heterocycles. The lowest BCUT2D eigenvalue weighted by molar-refractivity contribution is 0.0738. The van der Waals surface area contributed by atoms with Crippen LogP contribution in [0.1, 0.15) is 40.8 Å². The molecular formula is C17H19N5OS. The van der Waals surface area contributed by atoms with Crippen molar-refractivity contribution < 1.29 is 4.79 Å². The van der Waals surface area contributed by atoms with Gasteiger partial charge in [-0.1, -0.05) is 6.07 Å². The zero-order valence-corrected chi connectivity index (χ0v) is 14.5. The number of amides is 1. The van der Waals surface area contributed by atoms with E-state index in [0.717, 1.165) is 34.9 Å². The summed E-state index contributed by atoms with van der Waals surface area (Å²) < 4.78 is 2.07. The molecular weight excluding hydrogens is 322 g/mol. The molecule has 7 heteroatoms. The van der Waals surface area contributed by atoms with Crippen molar-refractivity contribution in [3.8, 4) is 11.5 Å². The number of hydrogen-bond donors (Lipinski definition) is 1. The molecule has 0 unspecified atom stereocenters. The number of carbonyl (C=O) groups is 1. The van der Waals surface area contributed by atoms with Crippen molar-refractivity contribution in [3.05, 3.63) is 46.0 Å². The number of rotatable bonds is 3. The fourth-order valence-corrected chi connectivity index (χ4v) is 3.88. The molecule has 4 rings (SSSR count). The Bertz CT molecular complexity index is 848. The summed E-state index contributed by atoms with van der Waals surface area (Å²) in [6, 6.07) is 4.08. The first-order chi connectivity index (χ1) is 11.6. The Kier molecular flexibility index (Phi) is 3.72. The smallest absolute Gasteiger partial charge is 0.264 e. The van der Waals surface area contributed by atoms with Gasteiger partial charge in [-0.05, 0) is 25.3 Å². The third-order valence-electron chi connectivity index (χ3n) is 4.32. The Morgan fingerprint density at radius 3 is 2.96 bits per heavy atom. The lowest BCUT2D eigenvalue weighted by Crippen LogP contribution is -2.36. The van der Waals surface area contributed by atoms with Gasteiger partial charge in [-0.2, -0.15) is 5.10 Å². The van der Waals surface area contributed by atoms with E-state index < -0.39 is 0 Å². The maximum atomic E-state index is 12.7. The van der Waals surface area contributed by atoms with E-state index in [1.54, 1.807) is 12.4 Å². The lowest BCUT2D eigenvalue weighted by Gasteiger charge is -2.28. The standard InChI is InChI=1S/C17H19N5OS/c1-11(2)22-13-5-8-21(17(23)14-4-3-9-24-14)10-12(13)15(20-22)16-18-6-7-19-16/h3-4,6-7,9,11H,5,8,10H2,1-2H3,(H,18,19). The summed E-state index contributed by atoms with van der Waals surface area (Å²) in [6.07, 6.45) is 4.35. The van der Waals surface area contributed by atoms with Crippen LogP contribution in [0.5, 0.6) is 0 Å². The van der Waals surface area contributed by atoms with Crippen molar-refractivity contribution in [2.75, 3.05) is 6.54 Å². The van der Waals surface area contributed by atoms with Crippen LogP contribution in [0.2, 0.25) is 0 Å². The molecule has 1 aliphatic heterocycles. The fraction of sp³-hybridized carbons (Fsp3) is 0.353. The SMILES string of the molecule is CC(C)n1nc(-c2ncc[nH]2)c2c1CCN(C(=O)c1cccs1)C2. The van der Waals surface area contributed by atoms with Gasteiger partial charge in [0.1, 0.15) is 5.69 Å². The molecule has 0 aromatic carbocycles. The number of nitrogens with one attached hydrogen (secondary N) is 1. The Balaban J connectivity index is 1.73. The van der Waals surface area contributed by atoms with Crippen LogP contribution in [-0.4, -0.2) is 37.1 Å². The second-order valence-electron chi connectivity index (χ2n) is 6.20. The molecule has 3 aromatic rings. The molecule has 0 atom stereocenters. The van der Waals surface area contributed by atoms with E-state index >= 15 is 0 Å². The maximum absolute atomic E-state index is 12.7. The normalized spacial score (nSPS) is 14.2. The molecule has 124 valence electrons. The van der Waals surface area contributed by atoms with Gasteiger partial charge in [0.2, 0.25) is 0 Å². The van der Waals surface area contributed by atoms with Crippen LogP contribution in [0.15, 0.2) is 29.9 Å². The van der Waals surface area contributed by atoms with Gasteiger partial charge >= 0.3 is 0 Å². The zero-order chi connectivity index (χ0) is 16.7. The molecule has 0 saturated heterocycles. The highest BCUT2D eigenvalue weighted by molar-refractivity contribution is 7.12. The van der Waals surface area contributed by atoms with Crippen LogP contribution in [0.25, 0.3) is 11.5 Å². The number of nitrogens with zero attached hydrogens (tertiary/aromatic N) is 4. The molecule has 3 aromatic heterocycles. The van der Waals surface area contributed by atoms with Crippen LogP contribution in [0, 0.1) is 0 Å². The highest BCUT2D eigenvalue weighted by Crippen LogP contribution is 2.31. The molecule has 0 saturated carbocycles. The van der Waals surface area contributed by atoms with Crippen molar-refractivity contribution >= 4 is 17.2 Å². The summed E-state index contributed by atoms with van der Waals surface area (Å²) in [5, 5.41) is 6.72. The van der Waals surface area contributed by atoms with Gasteiger partial charge < -0.3 is 9.88 Å². The second kappa shape index (κ2) is 5.90. The summed E-state index contributed by atoms with van der Waals surface area (Å²) in [5.74, 6) is 0.856. The third-order valence-corrected chi connectivity index (χ3v) is 5.17. The highest BCUT2D eigenvalue weighted by atomic mass is 32.1. The predicted molar refractivity (Wildman–Crippen MR) is 93.0 cm³/mol. The van der Waals surface area contributed by atoms with Crippen molar-refractivity contribution in [2.24, 2.45) is 0 Å². The minimum atomic E-state index is 0.0957. The second-order valence-corrected chi connectivity index (χ2v) is 7.15. The average Bonchev–Trinajstić information content (AvgIpc) is 3.32. The van der Waals surface area contributed by atoms with Gasteiger partial charge in [-0.25, -0.2) is 4.98 Å². The van der Waals surface area contributed by atoms with E-state index in [1.807, 2.05) is 22.4 Å². The van der Waals surface area contributed by atoms with Gasteiger partial charge in [0, 0.05) is 42.7 Å². The Labute approximate surface area is 144 Å². The van der Waals surface area contributed by atoms with E-state index in [9.17, 15) is 4.79 Å².